The van der Waals surface area contributed by atoms with E-state index in [2.05, 4.69) is 5.32 Å². The van der Waals surface area contributed by atoms with Gasteiger partial charge < -0.3 is 10.2 Å². The molecule has 3 aromatic carbocycles. The van der Waals surface area contributed by atoms with E-state index in [4.69, 9.17) is 23.2 Å². The molecule has 2 amide bonds. The molecule has 0 unspecified atom stereocenters. The molecule has 0 aliphatic heterocycles. The van der Waals surface area contributed by atoms with Gasteiger partial charge in [-0.05, 0) is 88.1 Å². The maximum Gasteiger partial charge on any atom is 0.264 e. The third-order valence-electron chi connectivity index (χ3n) is 7.05. The van der Waals surface area contributed by atoms with Crippen LogP contribution >= 0.6 is 23.2 Å². The third kappa shape index (κ3) is 8.03. The molecule has 0 spiro atoms. The number of carbonyl (C=O) groups excluding carboxylic acids is 2. The first-order valence-corrected chi connectivity index (χ1v) is 15.6. The van der Waals surface area contributed by atoms with Crippen molar-refractivity contribution in [2.24, 2.45) is 0 Å². The summed E-state index contributed by atoms with van der Waals surface area (Å²) >= 11 is 12.5. The van der Waals surface area contributed by atoms with Gasteiger partial charge in [0.15, 0.2) is 0 Å². The highest BCUT2D eigenvalue weighted by Gasteiger charge is 2.33. The van der Waals surface area contributed by atoms with E-state index < -0.39 is 28.5 Å². The molecule has 0 saturated carbocycles. The van der Waals surface area contributed by atoms with Crippen LogP contribution in [0.4, 0.5) is 5.69 Å². The summed E-state index contributed by atoms with van der Waals surface area (Å²) < 4.78 is 29.2. The van der Waals surface area contributed by atoms with Crippen LogP contribution in [0.3, 0.4) is 0 Å². The van der Waals surface area contributed by atoms with E-state index in [0.29, 0.717) is 33.3 Å². The molecule has 1 N–H and O–H groups in total. The summed E-state index contributed by atoms with van der Waals surface area (Å²) in [5.41, 5.74) is 3.40. The van der Waals surface area contributed by atoms with Crippen molar-refractivity contribution in [2.45, 2.75) is 71.5 Å². The minimum atomic E-state index is -4.15. The van der Waals surface area contributed by atoms with Crippen LogP contribution in [-0.4, -0.2) is 43.8 Å². The zero-order valence-corrected chi connectivity index (χ0v) is 26.6. The summed E-state index contributed by atoms with van der Waals surface area (Å²) in [5, 5.41) is 3.69. The highest BCUT2D eigenvalue weighted by Crippen LogP contribution is 2.29. The van der Waals surface area contributed by atoms with Crippen molar-refractivity contribution in [1.29, 1.82) is 0 Å². The first-order valence-electron chi connectivity index (χ1n) is 13.4. The second kappa shape index (κ2) is 13.7. The van der Waals surface area contributed by atoms with E-state index in [1.165, 1.54) is 17.0 Å². The van der Waals surface area contributed by atoms with Crippen LogP contribution in [0.2, 0.25) is 10.0 Å². The largest absolute Gasteiger partial charge is 0.352 e. The van der Waals surface area contributed by atoms with Crippen molar-refractivity contribution < 1.29 is 18.0 Å². The van der Waals surface area contributed by atoms with Crippen LogP contribution in [0.15, 0.2) is 65.6 Å². The fourth-order valence-electron chi connectivity index (χ4n) is 4.22. The number of hydrogen-bond acceptors (Lipinski definition) is 4. The zero-order chi connectivity index (χ0) is 30.5. The summed E-state index contributed by atoms with van der Waals surface area (Å²) in [6.07, 6.45) is 0.713. The normalized spacial score (nSPS) is 12.9. The minimum absolute atomic E-state index is 0.0187. The Kier molecular flexibility index (Phi) is 10.9. The van der Waals surface area contributed by atoms with E-state index in [-0.39, 0.29) is 23.4 Å². The van der Waals surface area contributed by atoms with Crippen molar-refractivity contribution in [1.82, 2.24) is 10.2 Å². The number of sulfonamides is 1. The molecule has 41 heavy (non-hydrogen) atoms. The number of aryl methyl sites for hydroxylation is 3. The number of halogens is 2. The highest BCUT2D eigenvalue weighted by molar-refractivity contribution is 7.92. The second-order valence-corrected chi connectivity index (χ2v) is 13.1. The number of nitrogens with zero attached hydrogens (tertiary/aromatic N) is 2. The molecular formula is C31H37Cl2N3O4S. The molecule has 0 saturated heterocycles. The molecule has 0 radical (unpaired) electrons. The van der Waals surface area contributed by atoms with Gasteiger partial charge in [0.1, 0.15) is 12.6 Å². The Bertz CT molecular complexity index is 1510. The molecule has 220 valence electrons. The van der Waals surface area contributed by atoms with Gasteiger partial charge >= 0.3 is 0 Å². The average Bonchev–Trinajstić information content (AvgIpc) is 2.92. The van der Waals surface area contributed by atoms with Gasteiger partial charge in [0.2, 0.25) is 11.8 Å². The predicted molar refractivity (Wildman–Crippen MR) is 166 cm³/mol. The molecule has 0 aliphatic rings. The van der Waals surface area contributed by atoms with Crippen LogP contribution < -0.4 is 9.62 Å². The van der Waals surface area contributed by atoms with Crippen LogP contribution in [0.1, 0.15) is 49.4 Å². The summed E-state index contributed by atoms with van der Waals surface area (Å²) in [7, 11) is -4.15. The number of benzene rings is 3. The van der Waals surface area contributed by atoms with Crippen LogP contribution in [0.5, 0.6) is 0 Å². The number of hydrogen-bond donors (Lipinski definition) is 1. The zero-order valence-electron chi connectivity index (χ0n) is 24.2. The predicted octanol–water partition coefficient (Wildman–Crippen LogP) is 6.45. The van der Waals surface area contributed by atoms with Crippen molar-refractivity contribution in [3.8, 4) is 0 Å². The van der Waals surface area contributed by atoms with E-state index in [9.17, 15) is 18.0 Å². The first kappa shape index (κ1) is 32.4. The number of nitrogens with one attached hydrogen (secondary N) is 1. The Labute approximate surface area is 253 Å². The minimum Gasteiger partial charge on any atom is -0.352 e. The molecule has 2 atom stereocenters. The van der Waals surface area contributed by atoms with E-state index in [1.54, 1.807) is 50.2 Å². The fraction of sp³-hybridized carbons (Fsp3) is 0.355. The number of carbonyl (C=O) groups is 2. The molecule has 10 heteroatoms. The summed E-state index contributed by atoms with van der Waals surface area (Å²) in [6, 6.07) is 15.8. The van der Waals surface area contributed by atoms with Crippen molar-refractivity contribution in [3.05, 3.63) is 93.0 Å². The lowest BCUT2D eigenvalue weighted by atomic mass is 10.1. The van der Waals surface area contributed by atoms with Crippen LogP contribution in [0, 0.1) is 20.8 Å². The average molecular weight is 619 g/mol. The Morgan fingerprint density at radius 3 is 2.15 bits per heavy atom. The summed E-state index contributed by atoms with van der Waals surface area (Å²) in [5.74, 6) is -0.906. The quantitative estimate of drug-likeness (QED) is 0.268. The Morgan fingerprint density at radius 1 is 0.902 bits per heavy atom. The molecule has 0 fully saturated rings. The van der Waals surface area contributed by atoms with Gasteiger partial charge in [-0.25, -0.2) is 8.42 Å². The lowest BCUT2D eigenvalue weighted by molar-refractivity contribution is -0.139. The van der Waals surface area contributed by atoms with Crippen LogP contribution in [-0.2, 0) is 26.2 Å². The van der Waals surface area contributed by atoms with E-state index in [1.807, 2.05) is 39.8 Å². The third-order valence-corrected chi connectivity index (χ3v) is 9.41. The number of rotatable bonds is 11. The van der Waals surface area contributed by atoms with Gasteiger partial charge in [0.25, 0.3) is 10.0 Å². The molecular weight excluding hydrogens is 581 g/mol. The molecule has 7 nitrogen and oxygen atoms in total. The SMILES string of the molecule is CC[C@@H](C)NC(=O)[C@@H](C)N(Cc1ccc(Cl)cc1Cl)C(=O)CN(c1cc(C)ccc1C)S(=O)(=O)c1ccc(C)cc1. The molecule has 0 heterocycles. The Balaban J connectivity index is 2.09. The van der Waals surface area contributed by atoms with Crippen molar-refractivity contribution in [2.75, 3.05) is 10.8 Å². The molecule has 0 bridgehead atoms. The first-order chi connectivity index (χ1) is 19.2. The summed E-state index contributed by atoms with van der Waals surface area (Å²) in [6.45, 7) is 10.4. The summed E-state index contributed by atoms with van der Waals surface area (Å²) in [4.78, 5) is 28.7. The highest BCUT2D eigenvalue weighted by atomic mass is 35.5. The van der Waals surface area contributed by atoms with Gasteiger partial charge in [0.05, 0.1) is 10.6 Å². The smallest absolute Gasteiger partial charge is 0.264 e. The standard InChI is InChI=1S/C31H37Cl2N3O4S/c1-7-23(5)34-31(38)24(6)35(18-25-12-13-26(32)17-28(25)33)30(37)19-36(29-16-21(3)8-11-22(29)4)41(39,40)27-14-9-20(2)10-15-27/h8-17,23-24H,7,18-19H2,1-6H3,(H,34,38)/t23-,24-/m1/s1. The Hall–Kier alpha value is -3.07. The number of amides is 2. The second-order valence-electron chi connectivity index (χ2n) is 10.4. The van der Waals surface area contributed by atoms with Gasteiger partial charge in [-0.15, -0.1) is 0 Å². The maximum atomic E-state index is 14.1. The van der Waals surface area contributed by atoms with Gasteiger partial charge in [-0.3, -0.25) is 13.9 Å². The fourth-order valence-corrected chi connectivity index (χ4v) is 6.16. The molecule has 0 aromatic heterocycles. The topological polar surface area (TPSA) is 86.8 Å². The monoisotopic (exact) mass is 617 g/mol. The maximum absolute atomic E-state index is 14.1. The van der Waals surface area contributed by atoms with Crippen LogP contribution in [0.25, 0.3) is 0 Å². The van der Waals surface area contributed by atoms with Crippen molar-refractivity contribution >= 4 is 50.7 Å². The van der Waals surface area contributed by atoms with Crippen molar-refractivity contribution in [3.63, 3.8) is 0 Å². The van der Waals surface area contributed by atoms with Gasteiger partial charge in [-0.1, -0.05) is 66.0 Å². The lowest BCUT2D eigenvalue weighted by Gasteiger charge is -2.33. The lowest BCUT2D eigenvalue weighted by Crippen LogP contribution is -2.52. The van der Waals surface area contributed by atoms with E-state index >= 15 is 0 Å². The molecule has 3 aromatic rings. The molecule has 0 aliphatic carbocycles. The van der Waals surface area contributed by atoms with E-state index in [0.717, 1.165) is 15.4 Å². The molecule has 3 rings (SSSR count). The van der Waals surface area contributed by atoms with Gasteiger partial charge in [0, 0.05) is 22.6 Å². The number of anilines is 1. The van der Waals surface area contributed by atoms with Gasteiger partial charge in [-0.2, -0.15) is 0 Å². The Morgan fingerprint density at radius 2 is 1.54 bits per heavy atom.